The molecule has 9 heteroatoms. The van der Waals surface area contributed by atoms with Crippen LogP contribution in [0, 0.1) is 0 Å². The molecule has 1 aromatic carbocycles. The van der Waals surface area contributed by atoms with E-state index in [1.807, 2.05) is 11.5 Å². The number of amides is 2. The minimum atomic E-state index is -0.399. The summed E-state index contributed by atoms with van der Waals surface area (Å²) in [6.45, 7) is 2.96. The van der Waals surface area contributed by atoms with E-state index in [0.717, 1.165) is 0 Å². The van der Waals surface area contributed by atoms with Crippen LogP contribution in [0.2, 0.25) is 5.02 Å². The lowest BCUT2D eigenvalue weighted by Crippen LogP contribution is -2.32. The van der Waals surface area contributed by atoms with Gasteiger partial charge in [0.1, 0.15) is 12.1 Å². The highest BCUT2D eigenvalue weighted by molar-refractivity contribution is 6.31. The maximum atomic E-state index is 12.2. The quantitative estimate of drug-likeness (QED) is 0.798. The van der Waals surface area contributed by atoms with Crippen LogP contribution in [-0.2, 0) is 11.3 Å². The topological polar surface area (TPSA) is 90.3 Å². The number of anilines is 1. The molecule has 0 aliphatic rings. The van der Waals surface area contributed by atoms with Crippen molar-refractivity contribution in [3.8, 4) is 5.75 Å². The summed E-state index contributed by atoms with van der Waals surface area (Å²) in [6.07, 6.45) is 1.60. The van der Waals surface area contributed by atoms with Gasteiger partial charge in [-0.25, -0.2) is 4.79 Å². The molecule has 0 unspecified atom stereocenters. The van der Waals surface area contributed by atoms with Crippen molar-refractivity contribution in [1.29, 1.82) is 0 Å². The van der Waals surface area contributed by atoms with E-state index in [1.165, 1.54) is 7.11 Å². The Bertz CT molecular complexity index is 691. The van der Waals surface area contributed by atoms with E-state index in [2.05, 4.69) is 20.8 Å². The number of urea groups is 1. The van der Waals surface area contributed by atoms with Crippen molar-refractivity contribution in [3.63, 3.8) is 0 Å². The second-order valence-electron chi connectivity index (χ2n) is 5.04. The first-order valence-electron chi connectivity index (χ1n) is 7.32. The van der Waals surface area contributed by atoms with Gasteiger partial charge in [0.25, 0.3) is 0 Å². The van der Waals surface area contributed by atoms with Crippen LogP contribution in [-0.4, -0.2) is 41.6 Å². The van der Waals surface area contributed by atoms with Crippen molar-refractivity contribution >= 4 is 23.3 Å². The van der Waals surface area contributed by atoms with Crippen molar-refractivity contribution in [2.45, 2.75) is 19.5 Å². The van der Waals surface area contributed by atoms with Crippen LogP contribution >= 0.6 is 11.6 Å². The molecule has 1 heterocycles. The lowest BCUT2D eigenvalue weighted by molar-refractivity contribution is 0.185. The minimum Gasteiger partial charge on any atom is -0.495 e. The van der Waals surface area contributed by atoms with Gasteiger partial charge in [0.15, 0.2) is 5.82 Å². The highest BCUT2D eigenvalue weighted by Gasteiger charge is 2.16. The summed E-state index contributed by atoms with van der Waals surface area (Å²) in [7, 11) is 3.14. The second-order valence-corrected chi connectivity index (χ2v) is 5.48. The molecule has 1 atom stereocenters. The fourth-order valence-corrected chi connectivity index (χ4v) is 2.33. The molecule has 2 amide bonds. The fourth-order valence-electron chi connectivity index (χ4n) is 2.16. The zero-order valence-corrected chi connectivity index (χ0v) is 14.5. The first-order valence-corrected chi connectivity index (χ1v) is 7.70. The molecule has 0 aliphatic carbocycles. The average Bonchev–Trinajstić information content (AvgIpc) is 3.01. The predicted molar refractivity (Wildman–Crippen MR) is 90.5 cm³/mol. The molecule has 0 fully saturated rings. The predicted octanol–water partition coefficient (Wildman–Crippen LogP) is 2.47. The standard InChI is InChI=1S/C15H20ClN5O3/c1-10(14-20-17-9-21(14)6-7-23-2)18-15(22)19-12-8-11(16)4-5-13(12)24-3/h4-5,8-10H,6-7H2,1-3H3,(H2,18,19,22)/t10-/m1/s1. The van der Waals surface area contributed by atoms with Crippen LogP contribution in [0.15, 0.2) is 24.5 Å². The summed E-state index contributed by atoms with van der Waals surface area (Å²) in [5.74, 6) is 1.16. The van der Waals surface area contributed by atoms with E-state index in [0.29, 0.717) is 35.4 Å². The smallest absolute Gasteiger partial charge is 0.319 e. The molecular weight excluding hydrogens is 334 g/mol. The van der Waals surface area contributed by atoms with Gasteiger partial charge >= 0.3 is 6.03 Å². The van der Waals surface area contributed by atoms with Gasteiger partial charge in [-0.15, -0.1) is 10.2 Å². The number of rotatable bonds is 7. The molecule has 0 aliphatic heterocycles. The van der Waals surface area contributed by atoms with Crippen molar-refractivity contribution < 1.29 is 14.3 Å². The van der Waals surface area contributed by atoms with Gasteiger partial charge in [-0.2, -0.15) is 0 Å². The lowest BCUT2D eigenvalue weighted by atomic mass is 10.3. The van der Waals surface area contributed by atoms with Crippen molar-refractivity contribution in [2.24, 2.45) is 0 Å². The van der Waals surface area contributed by atoms with Gasteiger partial charge in [-0.05, 0) is 25.1 Å². The lowest BCUT2D eigenvalue weighted by Gasteiger charge is -2.16. The summed E-state index contributed by atoms with van der Waals surface area (Å²) >= 11 is 5.95. The van der Waals surface area contributed by atoms with E-state index < -0.39 is 6.03 Å². The van der Waals surface area contributed by atoms with Crippen LogP contribution < -0.4 is 15.4 Å². The van der Waals surface area contributed by atoms with E-state index in [-0.39, 0.29) is 6.04 Å². The maximum absolute atomic E-state index is 12.2. The third-order valence-corrected chi connectivity index (χ3v) is 3.56. The molecule has 0 bridgehead atoms. The molecule has 0 saturated heterocycles. The number of carbonyl (C=O) groups excluding carboxylic acids is 1. The number of hydrogen-bond donors (Lipinski definition) is 2. The van der Waals surface area contributed by atoms with Crippen molar-refractivity contribution in [3.05, 3.63) is 35.4 Å². The number of hydrogen-bond acceptors (Lipinski definition) is 5. The Morgan fingerprint density at radius 1 is 1.42 bits per heavy atom. The monoisotopic (exact) mass is 353 g/mol. The number of nitrogens with one attached hydrogen (secondary N) is 2. The number of methoxy groups -OCH3 is 2. The van der Waals surface area contributed by atoms with E-state index in [1.54, 1.807) is 31.6 Å². The molecule has 130 valence electrons. The summed E-state index contributed by atoms with van der Waals surface area (Å²) in [5, 5.41) is 13.9. The number of nitrogens with zero attached hydrogens (tertiary/aromatic N) is 3. The van der Waals surface area contributed by atoms with Crippen molar-refractivity contribution in [2.75, 3.05) is 26.1 Å². The molecule has 0 saturated carbocycles. The highest BCUT2D eigenvalue weighted by Crippen LogP contribution is 2.27. The molecule has 2 N–H and O–H groups in total. The van der Waals surface area contributed by atoms with Crippen LogP contribution in [0.25, 0.3) is 0 Å². The molecule has 1 aromatic heterocycles. The fraction of sp³-hybridized carbons (Fsp3) is 0.400. The molecule has 2 aromatic rings. The zero-order valence-electron chi connectivity index (χ0n) is 13.7. The molecule has 8 nitrogen and oxygen atoms in total. The largest absolute Gasteiger partial charge is 0.495 e. The van der Waals surface area contributed by atoms with E-state index in [4.69, 9.17) is 21.1 Å². The van der Waals surface area contributed by atoms with Crippen LogP contribution in [0.3, 0.4) is 0 Å². The maximum Gasteiger partial charge on any atom is 0.319 e. The Morgan fingerprint density at radius 2 is 2.21 bits per heavy atom. The van der Waals surface area contributed by atoms with Gasteiger partial charge in [-0.1, -0.05) is 11.6 Å². The van der Waals surface area contributed by atoms with Gasteiger partial charge in [0, 0.05) is 18.7 Å². The number of carbonyl (C=O) groups is 1. The first-order chi connectivity index (χ1) is 11.5. The highest BCUT2D eigenvalue weighted by atomic mass is 35.5. The summed E-state index contributed by atoms with van der Waals surface area (Å²) < 4.78 is 12.1. The number of aromatic nitrogens is 3. The Balaban J connectivity index is 2.02. The number of benzene rings is 1. The SMILES string of the molecule is COCCn1cnnc1[C@@H](C)NC(=O)Nc1cc(Cl)ccc1OC. The molecule has 0 spiro atoms. The Morgan fingerprint density at radius 3 is 2.92 bits per heavy atom. The minimum absolute atomic E-state index is 0.338. The van der Waals surface area contributed by atoms with Crippen molar-refractivity contribution in [1.82, 2.24) is 20.1 Å². The average molecular weight is 354 g/mol. The molecule has 2 rings (SSSR count). The third kappa shape index (κ3) is 4.59. The summed E-state index contributed by atoms with van der Waals surface area (Å²) in [5.41, 5.74) is 0.482. The van der Waals surface area contributed by atoms with E-state index >= 15 is 0 Å². The number of ether oxygens (including phenoxy) is 2. The summed E-state index contributed by atoms with van der Waals surface area (Å²) in [6, 6.07) is 4.25. The second kappa shape index (κ2) is 8.51. The van der Waals surface area contributed by atoms with Crippen LogP contribution in [0.4, 0.5) is 10.5 Å². The van der Waals surface area contributed by atoms with Gasteiger partial charge in [-0.3, -0.25) is 0 Å². The number of halogens is 1. The normalized spacial score (nSPS) is 11.8. The Hall–Kier alpha value is -2.32. The zero-order chi connectivity index (χ0) is 17.5. The van der Waals surface area contributed by atoms with Gasteiger partial charge in [0.05, 0.1) is 25.4 Å². The molecule has 0 radical (unpaired) electrons. The summed E-state index contributed by atoms with van der Waals surface area (Å²) in [4.78, 5) is 12.2. The molecular formula is C15H20ClN5O3. The first kappa shape index (κ1) is 18.0. The van der Waals surface area contributed by atoms with Gasteiger partial charge < -0.3 is 24.7 Å². The molecule has 24 heavy (non-hydrogen) atoms. The van der Waals surface area contributed by atoms with Crippen LogP contribution in [0.1, 0.15) is 18.8 Å². The van der Waals surface area contributed by atoms with Gasteiger partial charge in [0.2, 0.25) is 0 Å². The Labute approximate surface area is 145 Å². The Kier molecular flexibility index (Phi) is 6.39. The third-order valence-electron chi connectivity index (χ3n) is 3.33. The van der Waals surface area contributed by atoms with Crippen LogP contribution in [0.5, 0.6) is 5.75 Å². The van der Waals surface area contributed by atoms with E-state index in [9.17, 15) is 4.79 Å².